The fraction of sp³-hybridized carbons (Fsp3) is 0.318. The van der Waals surface area contributed by atoms with Crippen LogP contribution in [0.4, 0.5) is 5.69 Å². The zero-order valence-electron chi connectivity index (χ0n) is 16.2. The lowest BCUT2D eigenvalue weighted by Gasteiger charge is -2.23. The van der Waals surface area contributed by atoms with Crippen LogP contribution in [0.3, 0.4) is 0 Å². The summed E-state index contributed by atoms with van der Waals surface area (Å²) >= 11 is 0. The van der Waals surface area contributed by atoms with Gasteiger partial charge in [-0.05, 0) is 62.2 Å². The van der Waals surface area contributed by atoms with Crippen LogP contribution < -0.4 is 14.4 Å². The molecule has 3 aromatic rings. The van der Waals surface area contributed by atoms with Gasteiger partial charge in [-0.2, -0.15) is 0 Å². The van der Waals surface area contributed by atoms with Gasteiger partial charge < -0.3 is 19.4 Å². The largest absolute Gasteiger partial charge is 0.497 e. The topological polar surface area (TPSA) is 49.9 Å². The second-order valence-corrected chi connectivity index (χ2v) is 7.14. The Labute approximate surface area is 159 Å². The maximum absolute atomic E-state index is 5.44. The van der Waals surface area contributed by atoms with E-state index in [-0.39, 0.29) is 12.1 Å². The molecule has 1 unspecified atom stereocenters. The number of nitrogens with zero attached hydrogens (tertiary/aromatic N) is 2. The summed E-state index contributed by atoms with van der Waals surface area (Å²) < 4.78 is 10.9. The number of hydrogen-bond donors (Lipinski definition) is 1. The maximum atomic E-state index is 5.44. The van der Waals surface area contributed by atoms with E-state index in [0.29, 0.717) is 0 Å². The number of nitrogens with one attached hydrogen (secondary N) is 1. The van der Waals surface area contributed by atoms with E-state index in [2.05, 4.69) is 59.2 Å². The average molecular weight is 363 g/mol. The van der Waals surface area contributed by atoms with Crippen LogP contribution in [-0.2, 0) is 6.42 Å². The monoisotopic (exact) mass is 363 g/mol. The average Bonchev–Trinajstić information content (AvgIpc) is 3.25. The highest BCUT2D eigenvalue weighted by atomic mass is 16.5. The van der Waals surface area contributed by atoms with E-state index in [0.717, 1.165) is 23.4 Å². The molecule has 1 N–H and O–H groups in total. The fourth-order valence-electron chi connectivity index (χ4n) is 3.71. The summed E-state index contributed by atoms with van der Waals surface area (Å²) in [5.74, 6) is 1.75. The molecule has 0 amide bonds. The van der Waals surface area contributed by atoms with Gasteiger partial charge in [0.1, 0.15) is 11.5 Å². The van der Waals surface area contributed by atoms with Gasteiger partial charge in [-0.25, -0.2) is 0 Å². The molecule has 0 saturated carbocycles. The number of aromatic amines is 1. The normalized spacial score (nSPS) is 16.5. The molecule has 0 saturated heterocycles. The minimum atomic E-state index is 0.176. The Hall–Kier alpha value is -2.95. The molecular weight excluding hydrogens is 338 g/mol. The van der Waals surface area contributed by atoms with E-state index in [1.165, 1.54) is 22.2 Å². The molecule has 5 nitrogen and oxygen atoms in total. The number of methoxy groups -OCH3 is 2. The van der Waals surface area contributed by atoms with Crippen LogP contribution in [0.1, 0.15) is 31.0 Å². The standard InChI is InChI=1S/C22H25N3O2/c1-14(2)24-13-25-21-8-6-16(26-3)9-15(21)10-22(25)19-12-23-20-7-5-17(27-4)11-18(19)20/h5-9,11-14,22-23H,10H2,1-4H3. The summed E-state index contributed by atoms with van der Waals surface area (Å²) in [6.45, 7) is 4.18. The number of aliphatic imine (C=N–C) groups is 1. The van der Waals surface area contributed by atoms with E-state index < -0.39 is 0 Å². The molecule has 4 rings (SSSR count). The number of fused-ring (bicyclic) bond motifs is 2. The molecule has 0 aliphatic carbocycles. The van der Waals surface area contributed by atoms with Crippen LogP contribution in [0.5, 0.6) is 11.5 Å². The number of anilines is 1. The number of rotatable bonds is 5. The molecule has 0 fully saturated rings. The molecule has 0 radical (unpaired) electrons. The molecule has 0 bridgehead atoms. The van der Waals surface area contributed by atoms with Gasteiger partial charge in [0, 0.05) is 34.4 Å². The second kappa shape index (κ2) is 6.99. The smallest absolute Gasteiger partial charge is 0.119 e. The van der Waals surface area contributed by atoms with E-state index in [9.17, 15) is 0 Å². The highest BCUT2D eigenvalue weighted by Gasteiger charge is 2.31. The zero-order valence-corrected chi connectivity index (χ0v) is 16.2. The predicted octanol–water partition coefficient (Wildman–Crippen LogP) is 4.73. The van der Waals surface area contributed by atoms with Crippen molar-refractivity contribution in [3.05, 3.63) is 53.7 Å². The second-order valence-electron chi connectivity index (χ2n) is 7.14. The Morgan fingerprint density at radius 1 is 1.11 bits per heavy atom. The van der Waals surface area contributed by atoms with E-state index >= 15 is 0 Å². The van der Waals surface area contributed by atoms with Crippen LogP contribution in [0, 0.1) is 0 Å². The van der Waals surface area contributed by atoms with Crippen LogP contribution >= 0.6 is 0 Å². The van der Waals surface area contributed by atoms with Gasteiger partial charge in [0.25, 0.3) is 0 Å². The third-order valence-corrected chi connectivity index (χ3v) is 5.08. The third kappa shape index (κ3) is 3.14. The lowest BCUT2D eigenvalue weighted by Crippen LogP contribution is -2.23. The molecule has 5 heteroatoms. The van der Waals surface area contributed by atoms with Crippen molar-refractivity contribution < 1.29 is 9.47 Å². The third-order valence-electron chi connectivity index (χ3n) is 5.08. The summed E-state index contributed by atoms with van der Waals surface area (Å²) in [5.41, 5.74) is 4.81. The fourth-order valence-corrected chi connectivity index (χ4v) is 3.71. The lowest BCUT2D eigenvalue weighted by atomic mass is 10.0. The number of benzene rings is 2. The summed E-state index contributed by atoms with van der Waals surface area (Å²) in [5, 5.41) is 1.18. The maximum Gasteiger partial charge on any atom is 0.119 e. The minimum Gasteiger partial charge on any atom is -0.497 e. The number of H-pyrrole nitrogens is 1. The van der Waals surface area contributed by atoms with Crippen molar-refractivity contribution in [3.8, 4) is 11.5 Å². The molecular formula is C22H25N3O2. The van der Waals surface area contributed by atoms with Crippen molar-refractivity contribution in [2.24, 2.45) is 4.99 Å². The molecule has 27 heavy (non-hydrogen) atoms. The summed E-state index contributed by atoms with van der Waals surface area (Å²) in [4.78, 5) is 10.3. The van der Waals surface area contributed by atoms with Crippen molar-refractivity contribution in [2.45, 2.75) is 32.4 Å². The van der Waals surface area contributed by atoms with E-state index in [4.69, 9.17) is 9.47 Å². The highest BCUT2D eigenvalue weighted by Crippen LogP contribution is 2.43. The van der Waals surface area contributed by atoms with Crippen LogP contribution in [-0.4, -0.2) is 31.6 Å². The molecule has 1 aliphatic rings. The lowest BCUT2D eigenvalue weighted by molar-refractivity contribution is 0.414. The van der Waals surface area contributed by atoms with Gasteiger partial charge >= 0.3 is 0 Å². The van der Waals surface area contributed by atoms with Crippen molar-refractivity contribution in [1.29, 1.82) is 0 Å². The predicted molar refractivity (Wildman–Crippen MR) is 110 cm³/mol. The molecule has 2 aromatic carbocycles. The van der Waals surface area contributed by atoms with E-state index in [1.807, 2.05) is 18.5 Å². The summed E-state index contributed by atoms with van der Waals surface area (Å²) in [6.07, 6.45) is 4.99. The molecule has 1 aliphatic heterocycles. The first-order valence-electron chi connectivity index (χ1n) is 9.24. The van der Waals surface area contributed by atoms with Crippen LogP contribution in [0.15, 0.2) is 47.6 Å². The van der Waals surface area contributed by atoms with Gasteiger partial charge in [0.2, 0.25) is 0 Å². The van der Waals surface area contributed by atoms with Gasteiger partial charge in [-0.15, -0.1) is 0 Å². The van der Waals surface area contributed by atoms with Gasteiger partial charge in [0.05, 0.1) is 26.6 Å². The van der Waals surface area contributed by atoms with Crippen molar-refractivity contribution in [2.75, 3.05) is 19.1 Å². The van der Waals surface area contributed by atoms with Crippen molar-refractivity contribution >= 4 is 22.9 Å². The first kappa shape index (κ1) is 17.5. The molecule has 0 spiro atoms. The van der Waals surface area contributed by atoms with Gasteiger partial charge in [-0.3, -0.25) is 4.99 Å². The number of aromatic nitrogens is 1. The minimum absolute atomic E-state index is 0.176. The quantitative estimate of drug-likeness (QED) is 0.527. The highest BCUT2D eigenvalue weighted by molar-refractivity contribution is 5.90. The molecule has 1 atom stereocenters. The van der Waals surface area contributed by atoms with E-state index in [1.54, 1.807) is 14.2 Å². The summed E-state index contributed by atoms with van der Waals surface area (Å²) in [7, 11) is 3.41. The van der Waals surface area contributed by atoms with Gasteiger partial charge in [-0.1, -0.05) is 0 Å². The Bertz CT molecular complexity index is 990. The number of hydrogen-bond acceptors (Lipinski definition) is 3. The van der Waals surface area contributed by atoms with Crippen molar-refractivity contribution in [1.82, 2.24) is 4.98 Å². The zero-order chi connectivity index (χ0) is 19.0. The molecule has 1 aromatic heterocycles. The van der Waals surface area contributed by atoms with Crippen LogP contribution in [0.25, 0.3) is 10.9 Å². The van der Waals surface area contributed by atoms with Crippen molar-refractivity contribution in [3.63, 3.8) is 0 Å². The van der Waals surface area contributed by atoms with Gasteiger partial charge in [0.15, 0.2) is 0 Å². The SMILES string of the molecule is COc1ccc2c(c1)CC(c1c[nH]c3ccc(OC)cc13)N2C=NC(C)C. The Morgan fingerprint density at radius 2 is 1.85 bits per heavy atom. The first-order valence-corrected chi connectivity index (χ1v) is 9.24. The first-order chi connectivity index (χ1) is 13.1. The Morgan fingerprint density at radius 3 is 2.59 bits per heavy atom. The molecule has 2 heterocycles. The van der Waals surface area contributed by atoms with Crippen LogP contribution in [0.2, 0.25) is 0 Å². The Kier molecular flexibility index (Phi) is 4.52. The Balaban J connectivity index is 1.81. The molecule has 140 valence electrons. The summed E-state index contributed by atoms with van der Waals surface area (Å²) in [6, 6.07) is 12.8. The number of ether oxygens (including phenoxy) is 2.